The quantitative estimate of drug-likeness (QED) is 0.875. The summed E-state index contributed by atoms with van der Waals surface area (Å²) in [6.07, 6.45) is 1.92. The molecule has 140 valence electrons. The van der Waals surface area contributed by atoms with Crippen LogP contribution in [-0.2, 0) is 13.1 Å². The van der Waals surface area contributed by atoms with Gasteiger partial charge >= 0.3 is 0 Å². The van der Waals surface area contributed by atoms with Crippen LogP contribution >= 0.6 is 12.4 Å². The van der Waals surface area contributed by atoms with Crippen LogP contribution < -0.4 is 5.32 Å². The van der Waals surface area contributed by atoms with Crippen molar-refractivity contribution in [2.75, 3.05) is 19.6 Å². The summed E-state index contributed by atoms with van der Waals surface area (Å²) >= 11 is 0. The lowest BCUT2D eigenvalue weighted by Gasteiger charge is -2.32. The van der Waals surface area contributed by atoms with Crippen molar-refractivity contribution in [2.24, 2.45) is 0 Å². The SMILES string of the molecule is Cc1cccc(C(=O)N2CCC(c3nnc4n3CCNC4)CC2)c1C.Cl. The van der Waals surface area contributed by atoms with Crippen molar-refractivity contribution >= 4 is 18.3 Å². The molecule has 0 bridgehead atoms. The number of hydrogen-bond donors (Lipinski definition) is 1. The molecule has 2 aliphatic heterocycles. The van der Waals surface area contributed by atoms with E-state index >= 15 is 0 Å². The van der Waals surface area contributed by atoms with E-state index in [2.05, 4.69) is 33.1 Å². The minimum absolute atomic E-state index is 0. The first-order valence-corrected chi connectivity index (χ1v) is 9.13. The van der Waals surface area contributed by atoms with Gasteiger partial charge < -0.3 is 14.8 Å². The molecule has 0 aliphatic carbocycles. The number of amides is 1. The third-order valence-corrected chi connectivity index (χ3v) is 5.63. The molecule has 1 amide bonds. The zero-order valence-electron chi connectivity index (χ0n) is 15.4. The van der Waals surface area contributed by atoms with Gasteiger partial charge in [0.2, 0.25) is 0 Å². The summed E-state index contributed by atoms with van der Waals surface area (Å²) in [6, 6.07) is 5.97. The maximum atomic E-state index is 12.9. The second-order valence-corrected chi connectivity index (χ2v) is 7.12. The standard InChI is InChI=1S/C19H25N5O.ClH/c1-13-4-3-5-16(14(13)2)19(25)23-9-6-15(7-10-23)18-22-21-17-12-20-8-11-24(17)18;/h3-5,15,20H,6-12H2,1-2H3;1H. The molecule has 0 saturated carbocycles. The fourth-order valence-corrected chi connectivity index (χ4v) is 3.91. The van der Waals surface area contributed by atoms with Gasteiger partial charge in [0.25, 0.3) is 5.91 Å². The highest BCUT2D eigenvalue weighted by Crippen LogP contribution is 2.29. The van der Waals surface area contributed by atoms with E-state index in [1.165, 1.54) is 5.56 Å². The summed E-state index contributed by atoms with van der Waals surface area (Å²) in [5, 5.41) is 12.1. The van der Waals surface area contributed by atoms with E-state index < -0.39 is 0 Å². The molecule has 1 aromatic carbocycles. The minimum atomic E-state index is 0. The Morgan fingerprint density at radius 2 is 1.92 bits per heavy atom. The molecule has 0 radical (unpaired) electrons. The van der Waals surface area contributed by atoms with Crippen molar-refractivity contribution in [3.8, 4) is 0 Å². The number of benzene rings is 1. The van der Waals surface area contributed by atoms with E-state index in [1.54, 1.807) is 0 Å². The summed E-state index contributed by atoms with van der Waals surface area (Å²) in [5.41, 5.74) is 3.10. The van der Waals surface area contributed by atoms with Crippen LogP contribution in [0.2, 0.25) is 0 Å². The van der Waals surface area contributed by atoms with Crippen LogP contribution in [0.1, 0.15) is 51.9 Å². The van der Waals surface area contributed by atoms with Crippen molar-refractivity contribution < 1.29 is 4.79 Å². The molecule has 6 nitrogen and oxygen atoms in total. The van der Waals surface area contributed by atoms with Crippen molar-refractivity contribution in [3.63, 3.8) is 0 Å². The number of carbonyl (C=O) groups excluding carboxylic acids is 1. The van der Waals surface area contributed by atoms with Gasteiger partial charge in [-0.25, -0.2) is 0 Å². The third kappa shape index (κ3) is 3.35. The first-order chi connectivity index (χ1) is 12.1. The minimum Gasteiger partial charge on any atom is -0.339 e. The second-order valence-electron chi connectivity index (χ2n) is 7.12. The number of fused-ring (bicyclic) bond motifs is 1. The number of nitrogens with zero attached hydrogens (tertiary/aromatic N) is 4. The van der Waals surface area contributed by atoms with Gasteiger partial charge in [0.1, 0.15) is 11.6 Å². The Morgan fingerprint density at radius 1 is 1.15 bits per heavy atom. The molecule has 2 aliphatic rings. The van der Waals surface area contributed by atoms with E-state index in [1.807, 2.05) is 24.0 Å². The Kier molecular flexibility index (Phi) is 5.63. The second kappa shape index (κ2) is 7.76. The number of halogens is 1. The summed E-state index contributed by atoms with van der Waals surface area (Å²) in [4.78, 5) is 14.9. The van der Waals surface area contributed by atoms with Gasteiger partial charge in [-0.1, -0.05) is 12.1 Å². The predicted molar refractivity (Wildman–Crippen MR) is 103 cm³/mol. The van der Waals surface area contributed by atoms with Gasteiger partial charge in [0, 0.05) is 37.7 Å². The molecule has 3 heterocycles. The Hall–Kier alpha value is -1.92. The van der Waals surface area contributed by atoms with Crippen LogP contribution in [0.15, 0.2) is 18.2 Å². The molecular weight excluding hydrogens is 350 g/mol. The van der Waals surface area contributed by atoms with Crippen LogP contribution in [0.4, 0.5) is 0 Å². The van der Waals surface area contributed by atoms with Crippen molar-refractivity contribution in [1.29, 1.82) is 0 Å². The Labute approximate surface area is 160 Å². The topological polar surface area (TPSA) is 63.1 Å². The number of piperidine rings is 1. The van der Waals surface area contributed by atoms with Crippen LogP contribution in [0.3, 0.4) is 0 Å². The number of carbonyl (C=O) groups is 1. The fraction of sp³-hybridized carbons (Fsp3) is 0.526. The molecule has 1 fully saturated rings. The van der Waals surface area contributed by atoms with E-state index in [4.69, 9.17) is 0 Å². The van der Waals surface area contributed by atoms with Gasteiger partial charge in [-0.05, 0) is 43.9 Å². The van der Waals surface area contributed by atoms with Crippen LogP contribution in [0.25, 0.3) is 0 Å². The van der Waals surface area contributed by atoms with Crippen LogP contribution in [0, 0.1) is 13.8 Å². The fourth-order valence-electron chi connectivity index (χ4n) is 3.91. The number of rotatable bonds is 2. The molecule has 26 heavy (non-hydrogen) atoms. The number of aryl methyl sites for hydroxylation is 1. The van der Waals surface area contributed by atoms with Crippen LogP contribution in [-0.4, -0.2) is 45.2 Å². The van der Waals surface area contributed by atoms with E-state index in [-0.39, 0.29) is 18.3 Å². The first kappa shape index (κ1) is 18.9. The maximum Gasteiger partial charge on any atom is 0.254 e. The van der Waals surface area contributed by atoms with Crippen molar-refractivity contribution in [1.82, 2.24) is 25.0 Å². The van der Waals surface area contributed by atoms with Gasteiger partial charge in [0.05, 0.1) is 6.54 Å². The lowest BCUT2D eigenvalue weighted by atomic mass is 9.94. The van der Waals surface area contributed by atoms with Gasteiger partial charge in [-0.2, -0.15) is 0 Å². The van der Waals surface area contributed by atoms with E-state index in [9.17, 15) is 4.79 Å². The monoisotopic (exact) mass is 375 g/mol. The molecule has 0 spiro atoms. The average Bonchev–Trinajstić information content (AvgIpc) is 3.08. The van der Waals surface area contributed by atoms with Crippen molar-refractivity contribution in [3.05, 3.63) is 46.5 Å². The summed E-state index contributed by atoms with van der Waals surface area (Å²) in [7, 11) is 0. The molecule has 7 heteroatoms. The number of hydrogen-bond acceptors (Lipinski definition) is 4. The molecule has 4 rings (SSSR count). The molecular formula is C19H26ClN5O. The smallest absolute Gasteiger partial charge is 0.254 e. The van der Waals surface area contributed by atoms with E-state index in [0.29, 0.717) is 5.92 Å². The highest BCUT2D eigenvalue weighted by atomic mass is 35.5. The summed E-state index contributed by atoms with van der Waals surface area (Å²) < 4.78 is 2.27. The van der Waals surface area contributed by atoms with Crippen LogP contribution in [0.5, 0.6) is 0 Å². The number of nitrogens with one attached hydrogen (secondary N) is 1. The first-order valence-electron chi connectivity index (χ1n) is 9.13. The Morgan fingerprint density at radius 3 is 2.69 bits per heavy atom. The summed E-state index contributed by atoms with van der Waals surface area (Å²) in [6.45, 7) is 8.39. The zero-order valence-corrected chi connectivity index (χ0v) is 16.2. The zero-order chi connectivity index (χ0) is 17.4. The largest absolute Gasteiger partial charge is 0.339 e. The Balaban J connectivity index is 0.00000196. The highest BCUT2D eigenvalue weighted by Gasteiger charge is 2.29. The molecule has 1 saturated heterocycles. The number of likely N-dealkylation sites (tertiary alicyclic amines) is 1. The lowest BCUT2D eigenvalue weighted by Crippen LogP contribution is -2.39. The Bertz CT molecular complexity index is 795. The maximum absolute atomic E-state index is 12.9. The van der Waals surface area contributed by atoms with Gasteiger partial charge in [0.15, 0.2) is 0 Å². The van der Waals surface area contributed by atoms with Gasteiger partial charge in [-0.15, -0.1) is 22.6 Å². The number of aromatic nitrogens is 3. The highest BCUT2D eigenvalue weighted by molar-refractivity contribution is 5.96. The molecule has 0 unspecified atom stereocenters. The molecule has 0 atom stereocenters. The van der Waals surface area contributed by atoms with Crippen molar-refractivity contribution in [2.45, 2.75) is 45.7 Å². The molecule has 1 aromatic heterocycles. The van der Waals surface area contributed by atoms with E-state index in [0.717, 1.165) is 68.3 Å². The lowest BCUT2D eigenvalue weighted by molar-refractivity contribution is 0.0709. The predicted octanol–water partition coefficient (Wildman–Crippen LogP) is 2.44. The van der Waals surface area contributed by atoms with Gasteiger partial charge in [-0.3, -0.25) is 4.79 Å². The average molecular weight is 376 g/mol. The normalized spacial score (nSPS) is 17.5. The third-order valence-electron chi connectivity index (χ3n) is 5.63. The molecule has 1 N–H and O–H groups in total. The summed E-state index contributed by atoms with van der Waals surface area (Å²) in [5.74, 6) is 2.71. The molecule has 2 aromatic rings.